The van der Waals surface area contributed by atoms with Crippen LogP contribution in [0, 0.1) is 0 Å². The van der Waals surface area contributed by atoms with E-state index in [1.54, 1.807) is 0 Å². The molecule has 0 rings (SSSR count). The summed E-state index contributed by atoms with van der Waals surface area (Å²) in [5.41, 5.74) is 1.96. The Kier molecular flexibility index (Phi) is 4.55. The topological polar surface area (TPSA) is 12.4 Å². The van der Waals surface area contributed by atoms with Gasteiger partial charge in [-0.25, -0.2) is 0 Å². The molecule has 0 aromatic heterocycles. The van der Waals surface area contributed by atoms with Crippen molar-refractivity contribution < 1.29 is 0 Å². The van der Waals surface area contributed by atoms with E-state index < -0.39 is 0 Å². The summed E-state index contributed by atoms with van der Waals surface area (Å²) >= 11 is 0. The molecule has 10 heavy (non-hydrogen) atoms. The van der Waals surface area contributed by atoms with E-state index in [1.165, 1.54) is 0 Å². The molecule has 0 aliphatic heterocycles. The molecule has 0 spiro atoms. The molecule has 0 aromatic carbocycles. The van der Waals surface area contributed by atoms with Gasteiger partial charge in [0.25, 0.3) is 0 Å². The molecule has 0 bridgehead atoms. The second-order valence-corrected chi connectivity index (χ2v) is 2.19. The molecule has 0 unspecified atom stereocenters. The van der Waals surface area contributed by atoms with E-state index in [0.29, 0.717) is 0 Å². The van der Waals surface area contributed by atoms with Gasteiger partial charge in [-0.3, -0.25) is 4.99 Å². The Hall–Kier alpha value is -0.850. The van der Waals surface area contributed by atoms with Crippen molar-refractivity contribution in [1.82, 2.24) is 0 Å². The highest BCUT2D eigenvalue weighted by Crippen LogP contribution is 1.95. The SMILES string of the molecule is C=C(C)N=C(/C=C\C)CC. The van der Waals surface area contributed by atoms with Crippen molar-refractivity contribution in [1.29, 1.82) is 0 Å². The zero-order valence-electron chi connectivity index (χ0n) is 7.02. The smallest absolute Gasteiger partial charge is 0.0400 e. The molecule has 1 heteroatoms. The van der Waals surface area contributed by atoms with Gasteiger partial charge < -0.3 is 0 Å². The summed E-state index contributed by atoms with van der Waals surface area (Å²) in [5.74, 6) is 0. The Bertz CT molecular complexity index is 164. The minimum Gasteiger partial charge on any atom is -0.259 e. The highest BCUT2D eigenvalue weighted by molar-refractivity contribution is 5.95. The molecule has 1 nitrogen and oxygen atoms in total. The highest BCUT2D eigenvalue weighted by Gasteiger charge is 1.86. The maximum Gasteiger partial charge on any atom is 0.0400 e. The molecular weight excluding hydrogens is 122 g/mol. The molecule has 0 fully saturated rings. The van der Waals surface area contributed by atoms with E-state index in [0.717, 1.165) is 17.8 Å². The van der Waals surface area contributed by atoms with E-state index in [2.05, 4.69) is 18.5 Å². The van der Waals surface area contributed by atoms with Crippen molar-refractivity contribution in [3.05, 3.63) is 24.4 Å². The number of allylic oxidation sites excluding steroid dienone is 3. The first kappa shape index (κ1) is 9.15. The van der Waals surface area contributed by atoms with Crippen LogP contribution in [0.25, 0.3) is 0 Å². The molecule has 0 saturated heterocycles. The standard InChI is InChI=1S/C9H15N/c1-5-7-9(6-2)10-8(3)4/h5,7H,3,6H2,1-2,4H3/b7-5-,10-9?. The predicted molar refractivity (Wildman–Crippen MR) is 47.4 cm³/mol. The summed E-state index contributed by atoms with van der Waals surface area (Å²) in [6, 6.07) is 0. The van der Waals surface area contributed by atoms with Gasteiger partial charge in [0, 0.05) is 11.4 Å². The Balaban J connectivity index is 4.18. The normalized spacial score (nSPS) is 12.5. The van der Waals surface area contributed by atoms with Crippen LogP contribution in [0.1, 0.15) is 27.2 Å². The fourth-order valence-electron chi connectivity index (χ4n) is 0.672. The molecule has 0 radical (unpaired) electrons. The van der Waals surface area contributed by atoms with E-state index in [-0.39, 0.29) is 0 Å². The summed E-state index contributed by atoms with van der Waals surface area (Å²) in [6.07, 6.45) is 4.97. The summed E-state index contributed by atoms with van der Waals surface area (Å²) in [4.78, 5) is 4.22. The van der Waals surface area contributed by atoms with Crippen molar-refractivity contribution in [3.63, 3.8) is 0 Å². The minimum atomic E-state index is 0.870. The molecule has 0 aliphatic rings. The van der Waals surface area contributed by atoms with Crippen LogP contribution in [0.3, 0.4) is 0 Å². The van der Waals surface area contributed by atoms with Crippen LogP contribution in [-0.2, 0) is 0 Å². The zero-order valence-corrected chi connectivity index (χ0v) is 7.02. The average molecular weight is 137 g/mol. The van der Waals surface area contributed by atoms with Gasteiger partial charge in [-0.1, -0.05) is 19.6 Å². The van der Waals surface area contributed by atoms with E-state index >= 15 is 0 Å². The van der Waals surface area contributed by atoms with Crippen LogP contribution in [0.5, 0.6) is 0 Å². The van der Waals surface area contributed by atoms with Gasteiger partial charge in [-0.05, 0) is 26.3 Å². The van der Waals surface area contributed by atoms with Crippen LogP contribution in [0.15, 0.2) is 29.4 Å². The zero-order chi connectivity index (χ0) is 7.98. The van der Waals surface area contributed by atoms with E-state index in [1.807, 2.05) is 26.0 Å². The molecule has 0 N–H and O–H groups in total. The monoisotopic (exact) mass is 137 g/mol. The Labute approximate surface area is 63.2 Å². The Morgan fingerprint density at radius 1 is 1.60 bits per heavy atom. The van der Waals surface area contributed by atoms with Crippen molar-refractivity contribution >= 4 is 5.71 Å². The first-order valence-corrected chi connectivity index (χ1v) is 3.56. The first-order valence-electron chi connectivity index (χ1n) is 3.56. The average Bonchev–Trinajstić information content (AvgIpc) is 1.86. The lowest BCUT2D eigenvalue weighted by Crippen LogP contribution is -1.89. The first-order chi connectivity index (χ1) is 4.70. The summed E-state index contributed by atoms with van der Waals surface area (Å²) in [5, 5.41) is 0. The summed E-state index contributed by atoms with van der Waals surface area (Å²) < 4.78 is 0. The number of rotatable bonds is 3. The van der Waals surface area contributed by atoms with Gasteiger partial charge in [-0.2, -0.15) is 0 Å². The van der Waals surface area contributed by atoms with Crippen LogP contribution in [-0.4, -0.2) is 5.71 Å². The molecule has 0 aromatic rings. The molecule has 0 atom stereocenters. The fraction of sp³-hybridized carbons (Fsp3) is 0.444. The molecule has 0 aliphatic carbocycles. The maximum absolute atomic E-state index is 4.22. The summed E-state index contributed by atoms with van der Waals surface area (Å²) in [7, 11) is 0. The lowest BCUT2D eigenvalue weighted by Gasteiger charge is -1.94. The maximum atomic E-state index is 4.22. The molecule has 56 valence electrons. The molecule has 0 saturated carbocycles. The van der Waals surface area contributed by atoms with Gasteiger partial charge >= 0.3 is 0 Å². The number of nitrogens with zero attached hydrogens (tertiary/aromatic N) is 1. The second kappa shape index (κ2) is 4.98. The van der Waals surface area contributed by atoms with Crippen LogP contribution in [0.4, 0.5) is 0 Å². The van der Waals surface area contributed by atoms with Crippen molar-refractivity contribution in [2.24, 2.45) is 4.99 Å². The highest BCUT2D eigenvalue weighted by atomic mass is 14.7. The van der Waals surface area contributed by atoms with Crippen LogP contribution in [0.2, 0.25) is 0 Å². The number of hydrogen-bond donors (Lipinski definition) is 0. The fourth-order valence-corrected chi connectivity index (χ4v) is 0.672. The third-order valence-corrected chi connectivity index (χ3v) is 1.06. The van der Waals surface area contributed by atoms with Gasteiger partial charge in [0.15, 0.2) is 0 Å². The third-order valence-electron chi connectivity index (χ3n) is 1.06. The van der Waals surface area contributed by atoms with Crippen molar-refractivity contribution in [3.8, 4) is 0 Å². The van der Waals surface area contributed by atoms with Gasteiger partial charge in [0.1, 0.15) is 0 Å². The van der Waals surface area contributed by atoms with Crippen LogP contribution >= 0.6 is 0 Å². The number of aliphatic imine (C=N–C) groups is 1. The molecule has 0 heterocycles. The summed E-state index contributed by atoms with van der Waals surface area (Å²) in [6.45, 7) is 9.68. The Morgan fingerprint density at radius 3 is 2.50 bits per heavy atom. The van der Waals surface area contributed by atoms with Gasteiger partial charge in [0.2, 0.25) is 0 Å². The predicted octanol–water partition coefficient (Wildman–Crippen LogP) is 2.95. The lowest BCUT2D eigenvalue weighted by molar-refractivity contribution is 1.23. The number of hydrogen-bond acceptors (Lipinski definition) is 1. The van der Waals surface area contributed by atoms with Crippen molar-refractivity contribution in [2.75, 3.05) is 0 Å². The molecule has 0 amide bonds. The molecular formula is C9H15N. The van der Waals surface area contributed by atoms with Gasteiger partial charge in [-0.15, -0.1) is 0 Å². The quantitative estimate of drug-likeness (QED) is 0.530. The van der Waals surface area contributed by atoms with Crippen molar-refractivity contribution in [2.45, 2.75) is 27.2 Å². The lowest BCUT2D eigenvalue weighted by atomic mass is 10.2. The second-order valence-electron chi connectivity index (χ2n) is 2.19. The van der Waals surface area contributed by atoms with Crippen LogP contribution < -0.4 is 0 Å². The van der Waals surface area contributed by atoms with Gasteiger partial charge in [0.05, 0.1) is 0 Å². The largest absolute Gasteiger partial charge is 0.259 e. The van der Waals surface area contributed by atoms with E-state index in [9.17, 15) is 0 Å². The minimum absolute atomic E-state index is 0.870. The third kappa shape index (κ3) is 4.07. The Morgan fingerprint density at radius 2 is 2.20 bits per heavy atom. The van der Waals surface area contributed by atoms with E-state index in [4.69, 9.17) is 0 Å².